The first kappa shape index (κ1) is 23.1. The zero-order chi connectivity index (χ0) is 24.4. The minimum atomic E-state index is -0.355. The Bertz CT molecular complexity index is 1210. The fourth-order valence-electron chi connectivity index (χ4n) is 3.98. The standard InChI is InChI=1S/C28H29N3O3/c1-19(2)34-24-17-11-20(12-18-24)25-26(30(5)22-9-7-6-8-10-22)28(33)31(27(25)32)23-15-13-21(14-16-23)29(3)4/h6-19H,1-5H3. The molecule has 0 saturated carbocycles. The number of hydrogen-bond donors (Lipinski definition) is 0. The van der Waals surface area contributed by atoms with Crippen molar-refractivity contribution >= 4 is 34.4 Å². The Morgan fingerprint density at radius 2 is 1.35 bits per heavy atom. The van der Waals surface area contributed by atoms with Crippen molar-refractivity contribution in [1.82, 2.24) is 0 Å². The van der Waals surface area contributed by atoms with Crippen molar-refractivity contribution in [2.45, 2.75) is 20.0 Å². The smallest absolute Gasteiger partial charge is 0.282 e. The van der Waals surface area contributed by atoms with E-state index >= 15 is 0 Å². The van der Waals surface area contributed by atoms with Crippen LogP contribution in [0.4, 0.5) is 17.1 Å². The first-order chi connectivity index (χ1) is 16.3. The number of likely N-dealkylation sites (N-methyl/N-ethyl adjacent to an activating group) is 1. The predicted octanol–water partition coefficient (Wildman–Crippen LogP) is 4.96. The number of benzene rings is 3. The van der Waals surface area contributed by atoms with Gasteiger partial charge >= 0.3 is 0 Å². The number of carbonyl (C=O) groups is 2. The van der Waals surface area contributed by atoms with E-state index in [-0.39, 0.29) is 17.9 Å². The monoisotopic (exact) mass is 455 g/mol. The second kappa shape index (κ2) is 9.43. The molecule has 0 saturated heterocycles. The second-order valence-electron chi connectivity index (χ2n) is 8.67. The van der Waals surface area contributed by atoms with Crippen molar-refractivity contribution in [3.63, 3.8) is 0 Å². The molecule has 6 nitrogen and oxygen atoms in total. The van der Waals surface area contributed by atoms with Gasteiger partial charge in [0.25, 0.3) is 11.8 Å². The summed E-state index contributed by atoms with van der Waals surface area (Å²) in [5, 5.41) is 0. The van der Waals surface area contributed by atoms with Crippen LogP contribution in [0.3, 0.4) is 0 Å². The number of amides is 2. The Kier molecular flexibility index (Phi) is 6.41. The molecule has 0 aliphatic carbocycles. The van der Waals surface area contributed by atoms with Gasteiger partial charge in [0.1, 0.15) is 11.4 Å². The number of hydrogen-bond acceptors (Lipinski definition) is 5. The molecule has 0 fully saturated rings. The largest absolute Gasteiger partial charge is 0.491 e. The summed E-state index contributed by atoms with van der Waals surface area (Å²) < 4.78 is 5.75. The summed E-state index contributed by atoms with van der Waals surface area (Å²) in [5.41, 5.74) is 3.71. The van der Waals surface area contributed by atoms with E-state index in [9.17, 15) is 9.59 Å². The Balaban J connectivity index is 1.79. The topological polar surface area (TPSA) is 53.1 Å². The molecule has 0 N–H and O–H groups in total. The Morgan fingerprint density at radius 3 is 1.91 bits per heavy atom. The maximum atomic E-state index is 13.7. The summed E-state index contributed by atoms with van der Waals surface area (Å²) >= 11 is 0. The van der Waals surface area contributed by atoms with Gasteiger partial charge in [-0.1, -0.05) is 30.3 Å². The summed E-state index contributed by atoms with van der Waals surface area (Å²) in [5.74, 6) is 0.00888. The molecule has 1 aliphatic heterocycles. The van der Waals surface area contributed by atoms with Gasteiger partial charge in [-0.2, -0.15) is 0 Å². The van der Waals surface area contributed by atoms with Gasteiger partial charge in [-0.15, -0.1) is 0 Å². The number of carbonyl (C=O) groups excluding carboxylic acids is 2. The van der Waals surface area contributed by atoms with Gasteiger partial charge in [0.15, 0.2) is 0 Å². The highest BCUT2D eigenvalue weighted by molar-refractivity contribution is 6.46. The van der Waals surface area contributed by atoms with Crippen molar-refractivity contribution in [2.24, 2.45) is 0 Å². The van der Waals surface area contributed by atoms with Crippen LogP contribution >= 0.6 is 0 Å². The summed E-state index contributed by atoms with van der Waals surface area (Å²) in [4.78, 5) is 32.4. The molecule has 0 bridgehead atoms. The molecule has 3 aromatic carbocycles. The van der Waals surface area contributed by atoms with E-state index in [4.69, 9.17) is 4.74 Å². The minimum absolute atomic E-state index is 0.0418. The van der Waals surface area contributed by atoms with Gasteiger partial charge in [0.05, 0.1) is 17.4 Å². The van der Waals surface area contributed by atoms with E-state index in [1.807, 2.05) is 107 Å². The number of rotatable bonds is 7. The van der Waals surface area contributed by atoms with Crippen LogP contribution in [0.2, 0.25) is 0 Å². The average Bonchev–Trinajstić information content (AvgIpc) is 3.09. The zero-order valence-electron chi connectivity index (χ0n) is 20.1. The molecule has 0 aromatic heterocycles. The Labute approximate surface area is 200 Å². The lowest BCUT2D eigenvalue weighted by Crippen LogP contribution is -2.34. The Morgan fingerprint density at radius 1 is 0.735 bits per heavy atom. The van der Waals surface area contributed by atoms with Crippen LogP contribution in [0.25, 0.3) is 5.57 Å². The third kappa shape index (κ3) is 4.39. The van der Waals surface area contributed by atoms with E-state index in [0.717, 1.165) is 11.4 Å². The molecule has 4 rings (SSSR count). The molecular weight excluding hydrogens is 426 g/mol. The van der Waals surface area contributed by atoms with Crippen LogP contribution < -0.4 is 19.4 Å². The van der Waals surface area contributed by atoms with Crippen molar-refractivity contribution in [2.75, 3.05) is 35.8 Å². The third-order valence-corrected chi connectivity index (χ3v) is 5.68. The van der Waals surface area contributed by atoms with E-state index in [1.54, 1.807) is 17.0 Å². The highest BCUT2D eigenvalue weighted by Gasteiger charge is 2.42. The van der Waals surface area contributed by atoms with Gasteiger partial charge in [-0.25, -0.2) is 4.90 Å². The van der Waals surface area contributed by atoms with Crippen molar-refractivity contribution in [3.05, 3.63) is 90.1 Å². The lowest BCUT2D eigenvalue weighted by atomic mass is 10.0. The van der Waals surface area contributed by atoms with Crippen LogP contribution in [-0.2, 0) is 9.59 Å². The first-order valence-corrected chi connectivity index (χ1v) is 11.2. The van der Waals surface area contributed by atoms with Gasteiger partial charge in [-0.05, 0) is 67.9 Å². The van der Waals surface area contributed by atoms with Crippen LogP contribution in [-0.4, -0.2) is 39.1 Å². The van der Waals surface area contributed by atoms with Crippen LogP contribution in [0.5, 0.6) is 5.75 Å². The van der Waals surface area contributed by atoms with Crippen LogP contribution in [0.15, 0.2) is 84.6 Å². The van der Waals surface area contributed by atoms with Crippen LogP contribution in [0, 0.1) is 0 Å². The first-order valence-electron chi connectivity index (χ1n) is 11.2. The summed E-state index contributed by atoms with van der Waals surface area (Å²) in [7, 11) is 5.70. The summed E-state index contributed by atoms with van der Waals surface area (Å²) in [6.07, 6.45) is 0.0418. The SMILES string of the molecule is CC(C)Oc1ccc(C2=C(N(C)c3ccccc3)C(=O)N(c3ccc(N(C)C)cc3)C2=O)cc1. The molecule has 0 atom stereocenters. The fourth-order valence-corrected chi connectivity index (χ4v) is 3.98. The van der Waals surface area contributed by atoms with Crippen LogP contribution in [0.1, 0.15) is 19.4 Å². The second-order valence-corrected chi connectivity index (χ2v) is 8.67. The summed E-state index contributed by atoms with van der Waals surface area (Å²) in [6, 6.07) is 24.3. The number of para-hydroxylation sites is 1. The lowest BCUT2D eigenvalue weighted by molar-refractivity contribution is -0.120. The molecule has 0 spiro atoms. The molecule has 34 heavy (non-hydrogen) atoms. The minimum Gasteiger partial charge on any atom is -0.491 e. The van der Waals surface area contributed by atoms with Crippen molar-refractivity contribution in [1.29, 1.82) is 0 Å². The van der Waals surface area contributed by atoms with E-state index < -0.39 is 0 Å². The van der Waals surface area contributed by atoms with Crippen molar-refractivity contribution < 1.29 is 14.3 Å². The molecule has 3 aromatic rings. The normalized spacial score (nSPS) is 13.6. The highest BCUT2D eigenvalue weighted by atomic mass is 16.5. The molecule has 0 radical (unpaired) electrons. The maximum absolute atomic E-state index is 13.7. The van der Waals surface area contributed by atoms with E-state index in [1.165, 1.54) is 4.90 Å². The predicted molar refractivity (Wildman–Crippen MR) is 137 cm³/mol. The quantitative estimate of drug-likeness (QED) is 0.472. The molecule has 2 amide bonds. The third-order valence-electron chi connectivity index (χ3n) is 5.68. The van der Waals surface area contributed by atoms with Gasteiger partial charge < -0.3 is 14.5 Å². The zero-order valence-corrected chi connectivity index (χ0v) is 20.1. The van der Waals surface area contributed by atoms with E-state index in [2.05, 4.69) is 0 Å². The number of nitrogens with zero attached hydrogens (tertiary/aromatic N) is 3. The van der Waals surface area contributed by atoms with Gasteiger partial charge in [-0.3, -0.25) is 9.59 Å². The molecule has 1 aliphatic rings. The molecular formula is C28H29N3O3. The molecule has 174 valence electrons. The average molecular weight is 456 g/mol. The number of ether oxygens (including phenoxy) is 1. The number of anilines is 3. The molecule has 6 heteroatoms. The summed E-state index contributed by atoms with van der Waals surface area (Å²) in [6.45, 7) is 3.92. The maximum Gasteiger partial charge on any atom is 0.282 e. The van der Waals surface area contributed by atoms with Gasteiger partial charge in [0, 0.05) is 32.5 Å². The van der Waals surface area contributed by atoms with E-state index in [0.29, 0.717) is 28.3 Å². The lowest BCUT2D eigenvalue weighted by Gasteiger charge is -2.22. The Hall–Kier alpha value is -4.06. The number of imide groups is 1. The highest BCUT2D eigenvalue weighted by Crippen LogP contribution is 2.37. The fraction of sp³-hybridized carbons (Fsp3) is 0.214. The van der Waals surface area contributed by atoms with Gasteiger partial charge in [0.2, 0.25) is 0 Å². The van der Waals surface area contributed by atoms with Crippen molar-refractivity contribution in [3.8, 4) is 5.75 Å². The molecule has 0 unspecified atom stereocenters. The molecule has 1 heterocycles.